The van der Waals surface area contributed by atoms with Crippen molar-refractivity contribution < 1.29 is 14.3 Å². The molecule has 6 heteroatoms. The first-order chi connectivity index (χ1) is 13.0. The zero-order valence-electron chi connectivity index (χ0n) is 14.9. The van der Waals surface area contributed by atoms with Gasteiger partial charge < -0.3 is 15.3 Å². The normalized spacial score (nSPS) is 17.3. The number of hydrogen-bond acceptors (Lipinski definition) is 4. The molecule has 0 bridgehead atoms. The van der Waals surface area contributed by atoms with Crippen molar-refractivity contribution in [1.29, 1.82) is 0 Å². The first-order valence-corrected chi connectivity index (χ1v) is 8.94. The van der Waals surface area contributed by atoms with Crippen molar-refractivity contribution in [3.63, 3.8) is 0 Å². The van der Waals surface area contributed by atoms with Crippen LogP contribution in [0.25, 0.3) is 22.2 Å². The Morgan fingerprint density at radius 1 is 1.22 bits per heavy atom. The fourth-order valence-corrected chi connectivity index (χ4v) is 3.54. The third-order valence-electron chi connectivity index (χ3n) is 4.97. The van der Waals surface area contributed by atoms with Crippen LogP contribution in [0.1, 0.15) is 17.3 Å². The van der Waals surface area contributed by atoms with Crippen LogP contribution in [0.5, 0.6) is 0 Å². The molecule has 0 radical (unpaired) electrons. The van der Waals surface area contributed by atoms with Gasteiger partial charge in [-0.15, -0.1) is 0 Å². The first kappa shape index (κ1) is 17.4. The van der Waals surface area contributed by atoms with E-state index in [-0.39, 0.29) is 17.4 Å². The quantitative estimate of drug-likeness (QED) is 0.743. The van der Waals surface area contributed by atoms with E-state index in [1.165, 1.54) is 12.1 Å². The summed E-state index contributed by atoms with van der Waals surface area (Å²) in [4.78, 5) is 18.4. The molecule has 1 aliphatic heterocycles. The Bertz CT molecular complexity index is 1000. The van der Waals surface area contributed by atoms with E-state index in [0.717, 1.165) is 42.0 Å². The molecular weight excluding hydrogens is 345 g/mol. The fraction of sp³-hybridized carbons (Fsp3) is 0.238. The van der Waals surface area contributed by atoms with Crippen LogP contribution in [-0.2, 0) is 0 Å². The summed E-state index contributed by atoms with van der Waals surface area (Å²) in [5.41, 5.74) is 3.50. The van der Waals surface area contributed by atoms with Crippen molar-refractivity contribution in [2.75, 3.05) is 24.5 Å². The van der Waals surface area contributed by atoms with E-state index in [9.17, 15) is 14.3 Å². The fourth-order valence-electron chi connectivity index (χ4n) is 3.54. The van der Waals surface area contributed by atoms with Gasteiger partial charge >= 0.3 is 5.97 Å². The number of nitrogens with one attached hydrogen (secondary N) is 1. The van der Waals surface area contributed by atoms with Crippen LogP contribution in [0.4, 0.5) is 10.1 Å². The molecule has 0 aliphatic carbocycles. The van der Waals surface area contributed by atoms with Crippen molar-refractivity contribution >= 4 is 22.6 Å². The Kier molecular flexibility index (Phi) is 4.49. The summed E-state index contributed by atoms with van der Waals surface area (Å²) in [5, 5.41) is 13.4. The number of pyridine rings is 1. The van der Waals surface area contributed by atoms with Gasteiger partial charge in [0.2, 0.25) is 0 Å². The number of benzene rings is 2. The molecule has 2 N–H and O–H groups in total. The summed E-state index contributed by atoms with van der Waals surface area (Å²) in [6.07, 6.45) is 0. The van der Waals surface area contributed by atoms with E-state index in [1.807, 2.05) is 6.07 Å². The van der Waals surface area contributed by atoms with E-state index < -0.39 is 5.97 Å². The number of halogens is 1. The molecule has 1 saturated heterocycles. The van der Waals surface area contributed by atoms with Crippen LogP contribution in [0.15, 0.2) is 48.5 Å². The number of piperazine rings is 1. The molecule has 1 atom stereocenters. The van der Waals surface area contributed by atoms with Crippen LogP contribution in [0, 0.1) is 5.82 Å². The summed E-state index contributed by atoms with van der Waals surface area (Å²) in [6, 6.07) is 13.5. The highest BCUT2D eigenvalue weighted by molar-refractivity contribution is 5.96. The lowest BCUT2D eigenvalue weighted by Crippen LogP contribution is -2.50. The SMILES string of the molecule is C[C@H]1CNCCN1c1cc2cc(C(=O)O)ccc2nc1-c1ccc(F)cc1. The van der Waals surface area contributed by atoms with Gasteiger partial charge in [-0.2, -0.15) is 0 Å². The molecule has 1 aromatic heterocycles. The smallest absolute Gasteiger partial charge is 0.335 e. The van der Waals surface area contributed by atoms with Crippen molar-refractivity contribution in [2.24, 2.45) is 0 Å². The molecule has 0 amide bonds. The number of carboxylic acid groups (broad SMARTS) is 1. The van der Waals surface area contributed by atoms with E-state index in [1.54, 1.807) is 30.3 Å². The summed E-state index contributed by atoms with van der Waals surface area (Å²) in [6.45, 7) is 4.68. The Morgan fingerprint density at radius 2 is 2.00 bits per heavy atom. The predicted molar refractivity (Wildman–Crippen MR) is 104 cm³/mol. The lowest BCUT2D eigenvalue weighted by Gasteiger charge is -2.37. The van der Waals surface area contributed by atoms with Gasteiger partial charge in [0.25, 0.3) is 0 Å². The molecule has 3 aromatic rings. The van der Waals surface area contributed by atoms with Crippen LogP contribution in [0.2, 0.25) is 0 Å². The van der Waals surface area contributed by atoms with Gasteiger partial charge in [0.1, 0.15) is 5.82 Å². The number of carbonyl (C=O) groups is 1. The molecule has 27 heavy (non-hydrogen) atoms. The molecule has 0 spiro atoms. The molecule has 0 saturated carbocycles. The number of anilines is 1. The number of aromatic nitrogens is 1. The maximum absolute atomic E-state index is 13.4. The Morgan fingerprint density at radius 3 is 2.70 bits per heavy atom. The number of rotatable bonds is 3. The molecule has 0 unspecified atom stereocenters. The highest BCUT2D eigenvalue weighted by Gasteiger charge is 2.23. The summed E-state index contributed by atoms with van der Waals surface area (Å²) < 4.78 is 13.4. The molecule has 4 rings (SSSR count). The second-order valence-corrected chi connectivity index (χ2v) is 6.82. The minimum absolute atomic E-state index is 0.234. The van der Waals surface area contributed by atoms with Crippen molar-refractivity contribution in [3.8, 4) is 11.3 Å². The molecule has 2 heterocycles. The first-order valence-electron chi connectivity index (χ1n) is 8.94. The zero-order valence-corrected chi connectivity index (χ0v) is 14.9. The standard InChI is InChI=1S/C21H20FN3O2/c1-13-12-23-8-9-25(13)19-11-16-10-15(21(26)27)4-7-18(16)24-20(19)14-2-5-17(22)6-3-14/h2-7,10-11,13,23H,8-9,12H2,1H3,(H,26,27)/t13-/m0/s1. The molecule has 2 aromatic carbocycles. The Balaban J connectivity index is 1.93. The van der Waals surface area contributed by atoms with Gasteiger partial charge in [0, 0.05) is 36.6 Å². The van der Waals surface area contributed by atoms with Gasteiger partial charge in [-0.25, -0.2) is 14.2 Å². The van der Waals surface area contributed by atoms with Gasteiger partial charge in [-0.05, 0) is 55.5 Å². The van der Waals surface area contributed by atoms with E-state index in [2.05, 4.69) is 17.1 Å². The maximum Gasteiger partial charge on any atom is 0.335 e. The molecule has 138 valence electrons. The summed E-state index contributed by atoms with van der Waals surface area (Å²) in [5.74, 6) is -1.25. The monoisotopic (exact) mass is 365 g/mol. The minimum Gasteiger partial charge on any atom is -0.478 e. The minimum atomic E-state index is -0.961. The molecule has 1 aliphatic rings. The molecular formula is C21H20FN3O2. The van der Waals surface area contributed by atoms with Crippen LogP contribution < -0.4 is 10.2 Å². The van der Waals surface area contributed by atoms with E-state index in [4.69, 9.17) is 4.98 Å². The zero-order chi connectivity index (χ0) is 19.0. The third-order valence-corrected chi connectivity index (χ3v) is 4.97. The molecule has 5 nitrogen and oxygen atoms in total. The number of fused-ring (bicyclic) bond motifs is 1. The van der Waals surface area contributed by atoms with Gasteiger partial charge in [-0.1, -0.05) is 0 Å². The van der Waals surface area contributed by atoms with Crippen molar-refractivity contribution in [3.05, 3.63) is 59.9 Å². The maximum atomic E-state index is 13.4. The largest absolute Gasteiger partial charge is 0.478 e. The second-order valence-electron chi connectivity index (χ2n) is 6.82. The summed E-state index contributed by atoms with van der Waals surface area (Å²) in [7, 11) is 0. The van der Waals surface area contributed by atoms with Crippen LogP contribution in [0.3, 0.4) is 0 Å². The lowest BCUT2D eigenvalue weighted by atomic mass is 10.0. The van der Waals surface area contributed by atoms with E-state index in [0.29, 0.717) is 5.52 Å². The van der Waals surface area contributed by atoms with E-state index >= 15 is 0 Å². The number of hydrogen-bond donors (Lipinski definition) is 2. The average Bonchev–Trinajstić information content (AvgIpc) is 2.67. The van der Waals surface area contributed by atoms with Crippen molar-refractivity contribution in [2.45, 2.75) is 13.0 Å². The Labute approximate surface area is 156 Å². The number of carboxylic acids is 1. The lowest BCUT2D eigenvalue weighted by molar-refractivity contribution is 0.0697. The van der Waals surface area contributed by atoms with Gasteiger partial charge in [0.05, 0.1) is 22.5 Å². The second kappa shape index (κ2) is 6.96. The highest BCUT2D eigenvalue weighted by atomic mass is 19.1. The third kappa shape index (κ3) is 3.36. The van der Waals surface area contributed by atoms with Crippen LogP contribution >= 0.6 is 0 Å². The predicted octanol–water partition coefficient (Wildman–Crippen LogP) is 3.54. The van der Waals surface area contributed by atoms with Gasteiger partial charge in [-0.3, -0.25) is 0 Å². The topological polar surface area (TPSA) is 65.5 Å². The number of nitrogens with zero attached hydrogens (tertiary/aromatic N) is 2. The van der Waals surface area contributed by atoms with Crippen molar-refractivity contribution in [1.82, 2.24) is 10.3 Å². The molecule has 1 fully saturated rings. The number of aromatic carboxylic acids is 1. The summed E-state index contributed by atoms with van der Waals surface area (Å²) >= 11 is 0. The Hall–Kier alpha value is -2.99. The van der Waals surface area contributed by atoms with Crippen LogP contribution in [-0.4, -0.2) is 41.7 Å². The van der Waals surface area contributed by atoms with Gasteiger partial charge in [0.15, 0.2) is 0 Å². The average molecular weight is 365 g/mol. The highest BCUT2D eigenvalue weighted by Crippen LogP contribution is 2.34.